The Balaban J connectivity index is 1.86. The summed E-state index contributed by atoms with van der Waals surface area (Å²) in [4.78, 5) is 16.9. The van der Waals surface area contributed by atoms with Gasteiger partial charge < -0.3 is 10.6 Å². The summed E-state index contributed by atoms with van der Waals surface area (Å²) < 4.78 is 2.01. The standard InChI is InChI=1S/C18H33N5O/c1-4-7-23-14-16(12-20-23)13-21-8-6-9-22(11-10-21)18(24)17(19)15(3)5-2/h12,14-15,17H,4-11,13,19H2,1-3H3. The van der Waals surface area contributed by atoms with E-state index in [4.69, 9.17) is 5.73 Å². The van der Waals surface area contributed by atoms with Crippen LogP contribution in [0.1, 0.15) is 45.6 Å². The SMILES string of the molecule is CCCn1cc(CN2CCCN(C(=O)C(N)C(C)CC)CC2)cn1. The molecular weight excluding hydrogens is 302 g/mol. The highest BCUT2D eigenvalue weighted by Crippen LogP contribution is 2.13. The first-order valence-electron chi connectivity index (χ1n) is 9.33. The quantitative estimate of drug-likeness (QED) is 0.823. The molecule has 6 nitrogen and oxygen atoms in total. The number of carbonyl (C=O) groups excluding carboxylic acids is 1. The minimum atomic E-state index is -0.367. The van der Waals surface area contributed by atoms with E-state index in [1.54, 1.807) is 0 Å². The van der Waals surface area contributed by atoms with Gasteiger partial charge in [-0.05, 0) is 18.8 Å². The van der Waals surface area contributed by atoms with E-state index in [0.717, 1.165) is 58.5 Å². The zero-order valence-corrected chi connectivity index (χ0v) is 15.4. The number of aromatic nitrogens is 2. The van der Waals surface area contributed by atoms with Crippen molar-refractivity contribution in [2.45, 2.75) is 59.2 Å². The van der Waals surface area contributed by atoms with Crippen LogP contribution in [0.5, 0.6) is 0 Å². The van der Waals surface area contributed by atoms with Crippen molar-refractivity contribution in [1.82, 2.24) is 19.6 Å². The molecule has 1 aliphatic heterocycles. The number of hydrogen-bond acceptors (Lipinski definition) is 4. The van der Waals surface area contributed by atoms with Gasteiger partial charge in [0.15, 0.2) is 0 Å². The third-order valence-electron chi connectivity index (χ3n) is 4.99. The van der Waals surface area contributed by atoms with E-state index in [0.29, 0.717) is 0 Å². The number of nitrogens with two attached hydrogens (primary N) is 1. The highest BCUT2D eigenvalue weighted by atomic mass is 16.2. The third kappa shape index (κ3) is 5.05. The van der Waals surface area contributed by atoms with Crippen LogP contribution in [0.4, 0.5) is 0 Å². The molecule has 24 heavy (non-hydrogen) atoms. The van der Waals surface area contributed by atoms with Gasteiger partial charge in [-0.2, -0.15) is 5.10 Å². The van der Waals surface area contributed by atoms with Crippen molar-refractivity contribution < 1.29 is 4.79 Å². The van der Waals surface area contributed by atoms with Crippen molar-refractivity contribution in [2.24, 2.45) is 11.7 Å². The Hall–Kier alpha value is -1.40. The van der Waals surface area contributed by atoms with Crippen molar-refractivity contribution >= 4 is 5.91 Å². The maximum Gasteiger partial charge on any atom is 0.239 e. The summed E-state index contributed by atoms with van der Waals surface area (Å²) in [5.41, 5.74) is 7.38. The van der Waals surface area contributed by atoms with Gasteiger partial charge >= 0.3 is 0 Å². The minimum Gasteiger partial charge on any atom is -0.340 e. The van der Waals surface area contributed by atoms with Crippen molar-refractivity contribution in [3.63, 3.8) is 0 Å². The molecule has 1 aromatic heterocycles. The van der Waals surface area contributed by atoms with Gasteiger partial charge in [0.2, 0.25) is 5.91 Å². The first-order chi connectivity index (χ1) is 11.5. The van der Waals surface area contributed by atoms with E-state index in [9.17, 15) is 4.79 Å². The van der Waals surface area contributed by atoms with Gasteiger partial charge in [-0.3, -0.25) is 14.4 Å². The van der Waals surface area contributed by atoms with E-state index in [1.165, 1.54) is 5.56 Å². The van der Waals surface area contributed by atoms with Crippen molar-refractivity contribution in [3.8, 4) is 0 Å². The Morgan fingerprint density at radius 2 is 2.08 bits per heavy atom. The maximum atomic E-state index is 12.6. The van der Waals surface area contributed by atoms with Crippen LogP contribution in [-0.2, 0) is 17.9 Å². The predicted molar refractivity (Wildman–Crippen MR) is 96.4 cm³/mol. The number of rotatable bonds is 7. The molecule has 1 fully saturated rings. The number of hydrogen-bond donors (Lipinski definition) is 1. The molecule has 0 radical (unpaired) electrons. The fraction of sp³-hybridized carbons (Fsp3) is 0.778. The minimum absolute atomic E-state index is 0.113. The molecule has 0 aliphatic carbocycles. The van der Waals surface area contributed by atoms with E-state index in [1.807, 2.05) is 15.8 Å². The molecule has 2 heterocycles. The fourth-order valence-corrected chi connectivity index (χ4v) is 3.16. The first-order valence-corrected chi connectivity index (χ1v) is 9.33. The summed E-state index contributed by atoms with van der Waals surface area (Å²) in [5, 5.41) is 4.40. The first kappa shape index (κ1) is 18.9. The fourth-order valence-electron chi connectivity index (χ4n) is 3.16. The molecule has 6 heteroatoms. The summed E-state index contributed by atoms with van der Waals surface area (Å²) in [7, 11) is 0. The number of carbonyl (C=O) groups is 1. The molecule has 2 rings (SSSR count). The van der Waals surface area contributed by atoms with E-state index in [2.05, 4.69) is 37.0 Å². The topological polar surface area (TPSA) is 67.4 Å². The lowest BCUT2D eigenvalue weighted by Crippen LogP contribution is -2.48. The van der Waals surface area contributed by atoms with Crippen LogP contribution in [0.15, 0.2) is 12.4 Å². The second-order valence-corrected chi connectivity index (χ2v) is 6.98. The van der Waals surface area contributed by atoms with Crippen LogP contribution in [-0.4, -0.2) is 57.7 Å². The van der Waals surface area contributed by atoms with Gasteiger partial charge in [-0.25, -0.2) is 0 Å². The number of amides is 1. The Morgan fingerprint density at radius 3 is 2.79 bits per heavy atom. The van der Waals surface area contributed by atoms with E-state index >= 15 is 0 Å². The van der Waals surface area contributed by atoms with Crippen LogP contribution >= 0.6 is 0 Å². The van der Waals surface area contributed by atoms with Gasteiger partial charge in [0.1, 0.15) is 0 Å². The molecule has 1 aromatic rings. The van der Waals surface area contributed by atoms with Gasteiger partial charge in [0.25, 0.3) is 0 Å². The Kier molecular flexibility index (Phi) is 7.24. The molecule has 2 unspecified atom stereocenters. The smallest absolute Gasteiger partial charge is 0.239 e. The Labute approximate surface area is 146 Å². The summed E-state index contributed by atoms with van der Waals surface area (Å²) in [6.45, 7) is 11.7. The largest absolute Gasteiger partial charge is 0.340 e. The van der Waals surface area contributed by atoms with E-state index in [-0.39, 0.29) is 17.9 Å². The van der Waals surface area contributed by atoms with Gasteiger partial charge in [0, 0.05) is 51.0 Å². The van der Waals surface area contributed by atoms with Crippen LogP contribution in [0.3, 0.4) is 0 Å². The van der Waals surface area contributed by atoms with E-state index < -0.39 is 0 Å². The van der Waals surface area contributed by atoms with Crippen molar-refractivity contribution in [1.29, 1.82) is 0 Å². The number of aryl methyl sites for hydroxylation is 1. The van der Waals surface area contributed by atoms with Gasteiger partial charge in [-0.1, -0.05) is 27.2 Å². The molecular formula is C18H33N5O. The molecule has 1 saturated heterocycles. The summed E-state index contributed by atoms with van der Waals surface area (Å²) in [5.74, 6) is 0.350. The average Bonchev–Trinajstić information content (AvgIpc) is 2.89. The Bertz CT molecular complexity index is 515. The molecule has 1 aliphatic rings. The molecule has 136 valence electrons. The highest BCUT2D eigenvalue weighted by Gasteiger charge is 2.26. The second kappa shape index (κ2) is 9.18. The zero-order chi connectivity index (χ0) is 17.5. The molecule has 0 aromatic carbocycles. The molecule has 2 atom stereocenters. The molecule has 0 saturated carbocycles. The van der Waals surface area contributed by atoms with Crippen molar-refractivity contribution in [3.05, 3.63) is 18.0 Å². The maximum absolute atomic E-state index is 12.6. The summed E-state index contributed by atoms with van der Waals surface area (Å²) in [6.07, 6.45) is 7.13. The lowest BCUT2D eigenvalue weighted by molar-refractivity contribution is -0.133. The van der Waals surface area contributed by atoms with Crippen LogP contribution in [0.2, 0.25) is 0 Å². The lowest BCUT2D eigenvalue weighted by Gasteiger charge is -2.27. The zero-order valence-electron chi connectivity index (χ0n) is 15.4. The molecule has 2 N–H and O–H groups in total. The van der Waals surface area contributed by atoms with Crippen LogP contribution < -0.4 is 5.73 Å². The second-order valence-electron chi connectivity index (χ2n) is 6.98. The molecule has 0 spiro atoms. The van der Waals surface area contributed by atoms with Crippen LogP contribution in [0, 0.1) is 5.92 Å². The Morgan fingerprint density at radius 1 is 1.29 bits per heavy atom. The van der Waals surface area contributed by atoms with Gasteiger partial charge in [-0.15, -0.1) is 0 Å². The summed E-state index contributed by atoms with van der Waals surface area (Å²) in [6, 6.07) is -0.367. The van der Waals surface area contributed by atoms with Crippen LogP contribution in [0.25, 0.3) is 0 Å². The highest BCUT2D eigenvalue weighted by molar-refractivity contribution is 5.82. The predicted octanol–water partition coefficient (Wildman–Crippen LogP) is 1.70. The normalized spacial score (nSPS) is 19.1. The monoisotopic (exact) mass is 335 g/mol. The average molecular weight is 335 g/mol. The van der Waals surface area contributed by atoms with Crippen molar-refractivity contribution in [2.75, 3.05) is 26.2 Å². The molecule has 1 amide bonds. The van der Waals surface area contributed by atoms with Gasteiger partial charge in [0.05, 0.1) is 12.2 Å². The third-order valence-corrected chi connectivity index (χ3v) is 4.99. The molecule has 0 bridgehead atoms. The number of nitrogens with zero attached hydrogens (tertiary/aromatic N) is 4. The lowest BCUT2D eigenvalue weighted by atomic mass is 9.99. The summed E-state index contributed by atoms with van der Waals surface area (Å²) >= 11 is 0.